The number of amides is 1. The minimum Gasteiger partial charge on any atom is -0.483 e. The molecule has 3 nitrogen and oxygen atoms in total. The zero-order valence-electron chi connectivity index (χ0n) is 11.7. The lowest BCUT2D eigenvalue weighted by molar-refractivity contribution is -0.123. The molecule has 1 amide bonds. The van der Waals surface area contributed by atoms with Crippen molar-refractivity contribution in [3.05, 3.63) is 40.9 Å². The van der Waals surface area contributed by atoms with E-state index in [1.807, 2.05) is 36.4 Å². The van der Waals surface area contributed by atoms with Gasteiger partial charge in [-0.1, -0.05) is 44.2 Å². The van der Waals surface area contributed by atoms with Crippen LogP contribution in [0.15, 0.2) is 40.9 Å². The zero-order valence-corrected chi connectivity index (χ0v) is 13.2. The van der Waals surface area contributed by atoms with Crippen molar-refractivity contribution < 1.29 is 9.53 Å². The maximum atomic E-state index is 11.6. The van der Waals surface area contributed by atoms with Crippen LogP contribution in [0.4, 0.5) is 0 Å². The number of rotatable bonds is 5. The molecule has 0 heterocycles. The van der Waals surface area contributed by atoms with Crippen LogP contribution in [-0.2, 0) is 4.79 Å². The number of halogens is 1. The molecule has 0 saturated heterocycles. The molecule has 0 aliphatic rings. The van der Waals surface area contributed by atoms with Gasteiger partial charge in [0, 0.05) is 6.54 Å². The summed E-state index contributed by atoms with van der Waals surface area (Å²) in [5.74, 6) is 1.02. The van der Waals surface area contributed by atoms with Crippen molar-refractivity contribution in [1.82, 2.24) is 5.32 Å². The Labute approximate surface area is 127 Å². The normalized spacial score (nSPS) is 10.8. The molecule has 0 bridgehead atoms. The SMILES string of the molecule is CC(C)CNC(=O)COc1ccc2ccccc2c1Br. The smallest absolute Gasteiger partial charge is 0.257 e. The number of ether oxygens (including phenoxy) is 1. The minimum absolute atomic E-state index is 0.0314. The fourth-order valence-electron chi connectivity index (χ4n) is 1.84. The van der Waals surface area contributed by atoms with Gasteiger partial charge in [0.15, 0.2) is 6.61 Å². The fraction of sp³-hybridized carbons (Fsp3) is 0.312. The topological polar surface area (TPSA) is 38.3 Å². The van der Waals surface area contributed by atoms with Crippen LogP contribution in [0.3, 0.4) is 0 Å². The molecule has 0 saturated carbocycles. The molecule has 106 valence electrons. The molecule has 0 spiro atoms. The highest BCUT2D eigenvalue weighted by atomic mass is 79.9. The Hall–Kier alpha value is -1.55. The maximum Gasteiger partial charge on any atom is 0.257 e. The molecule has 1 N–H and O–H groups in total. The molecular formula is C16H18BrNO2. The highest BCUT2D eigenvalue weighted by molar-refractivity contribution is 9.10. The molecule has 4 heteroatoms. The number of benzene rings is 2. The summed E-state index contributed by atoms with van der Waals surface area (Å²) in [6.45, 7) is 4.81. The Bertz CT molecular complexity index is 610. The van der Waals surface area contributed by atoms with E-state index in [4.69, 9.17) is 4.74 Å². The largest absolute Gasteiger partial charge is 0.483 e. The number of carbonyl (C=O) groups is 1. The van der Waals surface area contributed by atoms with Crippen LogP contribution >= 0.6 is 15.9 Å². The number of carbonyl (C=O) groups excluding carboxylic acids is 1. The monoisotopic (exact) mass is 335 g/mol. The molecule has 0 unspecified atom stereocenters. The standard InChI is InChI=1S/C16H18BrNO2/c1-11(2)9-18-15(19)10-20-14-8-7-12-5-3-4-6-13(12)16(14)17/h3-8,11H,9-10H2,1-2H3,(H,18,19). The van der Waals surface area contributed by atoms with E-state index in [1.165, 1.54) is 0 Å². The van der Waals surface area contributed by atoms with Gasteiger partial charge >= 0.3 is 0 Å². The van der Waals surface area contributed by atoms with Crippen LogP contribution in [0.2, 0.25) is 0 Å². The Morgan fingerprint density at radius 2 is 2.00 bits per heavy atom. The van der Waals surface area contributed by atoms with Gasteiger partial charge in [0.1, 0.15) is 5.75 Å². The second kappa shape index (κ2) is 6.75. The third-order valence-electron chi connectivity index (χ3n) is 2.89. The summed E-state index contributed by atoms with van der Waals surface area (Å²) < 4.78 is 6.46. The second-order valence-corrected chi connectivity index (χ2v) is 5.88. The molecule has 0 aliphatic heterocycles. The first-order valence-corrected chi connectivity index (χ1v) is 7.44. The predicted molar refractivity (Wildman–Crippen MR) is 85.0 cm³/mol. The minimum atomic E-state index is -0.0984. The molecule has 0 radical (unpaired) electrons. The van der Waals surface area contributed by atoms with Crippen LogP contribution in [-0.4, -0.2) is 19.1 Å². The maximum absolute atomic E-state index is 11.6. The summed E-state index contributed by atoms with van der Waals surface area (Å²) in [5, 5.41) is 5.04. The van der Waals surface area contributed by atoms with Gasteiger partial charge in [-0.15, -0.1) is 0 Å². The lowest BCUT2D eigenvalue weighted by Crippen LogP contribution is -2.31. The first kappa shape index (κ1) is 14.9. The molecule has 2 aromatic rings. The molecule has 2 rings (SSSR count). The van der Waals surface area contributed by atoms with Crippen LogP contribution < -0.4 is 10.1 Å². The summed E-state index contributed by atoms with van der Waals surface area (Å²) in [4.78, 5) is 11.6. The Morgan fingerprint density at radius 3 is 2.75 bits per heavy atom. The number of fused-ring (bicyclic) bond motifs is 1. The summed E-state index contributed by atoms with van der Waals surface area (Å²) in [7, 11) is 0. The van der Waals surface area contributed by atoms with Gasteiger partial charge in [-0.05, 0) is 38.7 Å². The molecule has 20 heavy (non-hydrogen) atoms. The first-order chi connectivity index (χ1) is 9.58. The van der Waals surface area contributed by atoms with Crippen molar-refractivity contribution in [2.75, 3.05) is 13.2 Å². The van der Waals surface area contributed by atoms with E-state index in [0.717, 1.165) is 15.2 Å². The average molecular weight is 336 g/mol. The van der Waals surface area contributed by atoms with E-state index in [0.29, 0.717) is 18.2 Å². The van der Waals surface area contributed by atoms with E-state index in [1.54, 1.807) is 0 Å². The third kappa shape index (κ3) is 3.73. The van der Waals surface area contributed by atoms with Gasteiger partial charge in [0.05, 0.1) is 4.47 Å². The van der Waals surface area contributed by atoms with Crippen molar-refractivity contribution in [3.8, 4) is 5.75 Å². The molecule has 0 fully saturated rings. The van der Waals surface area contributed by atoms with Gasteiger partial charge in [0.2, 0.25) is 0 Å². The second-order valence-electron chi connectivity index (χ2n) is 5.09. The summed E-state index contributed by atoms with van der Waals surface area (Å²) in [6, 6.07) is 11.9. The van der Waals surface area contributed by atoms with Crippen molar-refractivity contribution in [1.29, 1.82) is 0 Å². The van der Waals surface area contributed by atoms with Crippen molar-refractivity contribution >= 4 is 32.6 Å². The van der Waals surface area contributed by atoms with Gasteiger partial charge < -0.3 is 10.1 Å². The van der Waals surface area contributed by atoms with Crippen LogP contribution in [0, 0.1) is 5.92 Å². The summed E-state index contributed by atoms with van der Waals surface area (Å²) >= 11 is 3.54. The van der Waals surface area contributed by atoms with E-state index < -0.39 is 0 Å². The van der Waals surface area contributed by atoms with Gasteiger partial charge in [-0.3, -0.25) is 4.79 Å². The zero-order chi connectivity index (χ0) is 14.5. The van der Waals surface area contributed by atoms with E-state index >= 15 is 0 Å². The number of nitrogens with one attached hydrogen (secondary N) is 1. The Balaban J connectivity index is 2.03. The Morgan fingerprint density at radius 1 is 1.25 bits per heavy atom. The van der Waals surface area contributed by atoms with Gasteiger partial charge in [-0.25, -0.2) is 0 Å². The van der Waals surface area contributed by atoms with Gasteiger partial charge in [0.25, 0.3) is 5.91 Å². The average Bonchev–Trinajstić information content (AvgIpc) is 2.44. The lowest BCUT2D eigenvalue weighted by Gasteiger charge is -2.11. The number of hydrogen-bond acceptors (Lipinski definition) is 2. The van der Waals surface area contributed by atoms with E-state index in [-0.39, 0.29) is 12.5 Å². The third-order valence-corrected chi connectivity index (χ3v) is 3.71. The summed E-state index contributed by atoms with van der Waals surface area (Å²) in [5.41, 5.74) is 0. The highest BCUT2D eigenvalue weighted by Crippen LogP contribution is 2.32. The highest BCUT2D eigenvalue weighted by Gasteiger charge is 2.08. The molecule has 0 aromatic heterocycles. The quantitative estimate of drug-likeness (QED) is 0.903. The number of hydrogen-bond donors (Lipinski definition) is 1. The fourth-order valence-corrected chi connectivity index (χ4v) is 2.45. The van der Waals surface area contributed by atoms with Gasteiger partial charge in [-0.2, -0.15) is 0 Å². The van der Waals surface area contributed by atoms with Crippen molar-refractivity contribution in [3.63, 3.8) is 0 Å². The lowest BCUT2D eigenvalue weighted by atomic mass is 10.1. The molecule has 0 aliphatic carbocycles. The van der Waals surface area contributed by atoms with Crippen LogP contribution in [0.25, 0.3) is 10.8 Å². The molecule has 0 atom stereocenters. The summed E-state index contributed by atoms with van der Waals surface area (Å²) in [6.07, 6.45) is 0. The first-order valence-electron chi connectivity index (χ1n) is 6.64. The van der Waals surface area contributed by atoms with E-state index in [2.05, 4.69) is 35.1 Å². The van der Waals surface area contributed by atoms with Crippen molar-refractivity contribution in [2.24, 2.45) is 5.92 Å². The molecule has 2 aromatic carbocycles. The molecular weight excluding hydrogens is 318 g/mol. The van der Waals surface area contributed by atoms with Crippen LogP contribution in [0.5, 0.6) is 5.75 Å². The van der Waals surface area contributed by atoms with Crippen molar-refractivity contribution in [2.45, 2.75) is 13.8 Å². The Kier molecular flexibility index (Phi) is 5.01. The van der Waals surface area contributed by atoms with E-state index in [9.17, 15) is 4.79 Å². The predicted octanol–water partition coefficient (Wildman–Crippen LogP) is 3.75. The van der Waals surface area contributed by atoms with Crippen LogP contribution in [0.1, 0.15) is 13.8 Å².